The maximum absolute atomic E-state index is 2.23. The number of rotatable bonds is 3. The van der Waals surface area contributed by atoms with Crippen molar-refractivity contribution in [2.45, 2.75) is 33.6 Å². The fourth-order valence-corrected chi connectivity index (χ4v) is 1.63. The van der Waals surface area contributed by atoms with Crippen LogP contribution in [-0.4, -0.2) is 0 Å². The number of benzene rings is 1. The lowest BCUT2D eigenvalue weighted by Gasteiger charge is -2.07. The maximum Gasteiger partial charge on any atom is -0.0199 e. The highest BCUT2D eigenvalue weighted by Crippen LogP contribution is 2.17. The van der Waals surface area contributed by atoms with Gasteiger partial charge in [-0.25, -0.2) is 0 Å². The first kappa shape index (κ1) is 10.0. The van der Waals surface area contributed by atoms with Crippen LogP contribution < -0.4 is 0 Å². The largest absolute Gasteiger partial charge is 0.0870 e. The third-order valence-corrected chi connectivity index (χ3v) is 2.27. The Kier molecular flexibility index (Phi) is 3.75. The van der Waals surface area contributed by atoms with Crippen molar-refractivity contribution in [3.8, 4) is 0 Å². The van der Waals surface area contributed by atoms with Crippen LogP contribution in [0.3, 0.4) is 0 Å². The Bertz CT molecular complexity index is 295. The highest BCUT2D eigenvalue weighted by Gasteiger charge is 2.00. The minimum absolute atomic E-state index is 1.18. The van der Waals surface area contributed by atoms with Gasteiger partial charge in [-0.1, -0.05) is 43.7 Å². The van der Waals surface area contributed by atoms with Gasteiger partial charge in [0.15, 0.2) is 0 Å². The molecule has 0 amide bonds. The van der Waals surface area contributed by atoms with Gasteiger partial charge in [0.1, 0.15) is 0 Å². The second-order valence-corrected chi connectivity index (χ2v) is 3.40. The van der Waals surface area contributed by atoms with E-state index in [1.165, 1.54) is 29.5 Å². The topological polar surface area (TPSA) is 0 Å². The van der Waals surface area contributed by atoms with Crippen molar-refractivity contribution in [2.75, 3.05) is 0 Å². The molecule has 0 heterocycles. The molecule has 0 spiro atoms. The molecule has 1 aromatic rings. The zero-order chi connectivity index (χ0) is 9.68. The normalized spacial score (nSPS) is 11.0. The molecule has 0 unspecified atom stereocenters. The Labute approximate surface area is 81.3 Å². The van der Waals surface area contributed by atoms with Gasteiger partial charge < -0.3 is 0 Å². The Balaban J connectivity index is 3.09. The average molecular weight is 174 g/mol. The quantitative estimate of drug-likeness (QED) is 0.650. The van der Waals surface area contributed by atoms with E-state index in [0.29, 0.717) is 0 Å². The summed E-state index contributed by atoms with van der Waals surface area (Å²) in [5.74, 6) is 0. The molecule has 0 atom stereocenters. The van der Waals surface area contributed by atoms with E-state index < -0.39 is 0 Å². The van der Waals surface area contributed by atoms with E-state index in [4.69, 9.17) is 0 Å². The smallest absolute Gasteiger partial charge is 0.0199 e. The van der Waals surface area contributed by atoms with Crippen molar-refractivity contribution in [3.05, 3.63) is 41.0 Å². The average Bonchev–Trinajstić information content (AvgIpc) is 2.11. The van der Waals surface area contributed by atoms with Crippen molar-refractivity contribution in [1.82, 2.24) is 0 Å². The molecule has 0 fully saturated rings. The summed E-state index contributed by atoms with van der Waals surface area (Å²) < 4.78 is 0. The van der Waals surface area contributed by atoms with Crippen molar-refractivity contribution >= 4 is 6.08 Å². The monoisotopic (exact) mass is 174 g/mol. The van der Waals surface area contributed by atoms with Gasteiger partial charge in [-0.15, -0.1) is 0 Å². The van der Waals surface area contributed by atoms with E-state index in [1.807, 2.05) is 0 Å². The molecule has 0 aliphatic heterocycles. The van der Waals surface area contributed by atoms with E-state index in [-0.39, 0.29) is 0 Å². The molecule has 13 heavy (non-hydrogen) atoms. The standard InChI is InChI=1S/C13H18/c1-4-7-12-10-6-9-11(3)13(12)8-5-2/h5-6,8-10H,4,7H2,1-3H3/b8-5-. The lowest BCUT2D eigenvalue weighted by molar-refractivity contribution is 0.917. The van der Waals surface area contributed by atoms with Crippen LogP contribution in [0.2, 0.25) is 0 Å². The summed E-state index contributed by atoms with van der Waals surface area (Å²) >= 11 is 0. The summed E-state index contributed by atoms with van der Waals surface area (Å²) in [7, 11) is 0. The zero-order valence-electron chi connectivity index (χ0n) is 8.80. The van der Waals surface area contributed by atoms with E-state index in [1.54, 1.807) is 0 Å². The van der Waals surface area contributed by atoms with Crippen LogP contribution in [0.1, 0.15) is 37.0 Å². The van der Waals surface area contributed by atoms with Crippen LogP contribution in [-0.2, 0) is 6.42 Å². The van der Waals surface area contributed by atoms with E-state index in [0.717, 1.165) is 0 Å². The second-order valence-electron chi connectivity index (χ2n) is 3.40. The van der Waals surface area contributed by atoms with Gasteiger partial charge in [0.25, 0.3) is 0 Å². The molecule has 0 radical (unpaired) electrons. The first-order valence-corrected chi connectivity index (χ1v) is 5.00. The molecule has 1 aromatic carbocycles. The highest BCUT2D eigenvalue weighted by molar-refractivity contribution is 5.57. The lowest BCUT2D eigenvalue weighted by Crippen LogP contribution is -1.91. The molecule has 0 aliphatic carbocycles. The highest BCUT2D eigenvalue weighted by atomic mass is 14.0. The summed E-state index contributed by atoms with van der Waals surface area (Å²) in [5.41, 5.74) is 4.26. The molecule has 1 rings (SSSR count). The number of allylic oxidation sites excluding steroid dienone is 1. The Hall–Kier alpha value is -1.04. The van der Waals surface area contributed by atoms with Gasteiger partial charge in [0.2, 0.25) is 0 Å². The summed E-state index contributed by atoms with van der Waals surface area (Å²) in [5, 5.41) is 0. The van der Waals surface area contributed by atoms with Gasteiger partial charge >= 0.3 is 0 Å². The van der Waals surface area contributed by atoms with Crippen LogP contribution >= 0.6 is 0 Å². The van der Waals surface area contributed by atoms with Gasteiger partial charge in [-0.3, -0.25) is 0 Å². The van der Waals surface area contributed by atoms with Crippen molar-refractivity contribution < 1.29 is 0 Å². The predicted octanol–water partition coefficient (Wildman–Crippen LogP) is 3.98. The Morgan fingerprint density at radius 1 is 1.31 bits per heavy atom. The molecule has 0 heteroatoms. The predicted molar refractivity (Wildman–Crippen MR) is 59.9 cm³/mol. The van der Waals surface area contributed by atoms with Crippen LogP contribution in [0.5, 0.6) is 0 Å². The van der Waals surface area contributed by atoms with Gasteiger partial charge in [0, 0.05) is 0 Å². The first-order chi connectivity index (χ1) is 6.29. The molecular formula is C13H18. The summed E-state index contributed by atoms with van der Waals surface area (Å²) in [6, 6.07) is 6.55. The van der Waals surface area contributed by atoms with Crippen molar-refractivity contribution in [3.63, 3.8) is 0 Å². The minimum Gasteiger partial charge on any atom is -0.0870 e. The van der Waals surface area contributed by atoms with Crippen LogP contribution in [0.15, 0.2) is 24.3 Å². The molecule has 70 valence electrons. The van der Waals surface area contributed by atoms with Crippen LogP contribution in [0.4, 0.5) is 0 Å². The molecule has 0 saturated heterocycles. The summed E-state index contributed by atoms with van der Waals surface area (Å²) in [6.45, 7) is 6.47. The van der Waals surface area contributed by atoms with Gasteiger partial charge in [0.05, 0.1) is 0 Å². The number of hydrogen-bond donors (Lipinski definition) is 0. The van der Waals surface area contributed by atoms with Gasteiger partial charge in [-0.05, 0) is 37.0 Å². The van der Waals surface area contributed by atoms with E-state index in [2.05, 4.69) is 51.1 Å². The summed E-state index contributed by atoms with van der Waals surface area (Å²) in [4.78, 5) is 0. The third kappa shape index (κ3) is 2.45. The van der Waals surface area contributed by atoms with E-state index >= 15 is 0 Å². The molecule has 0 saturated carbocycles. The third-order valence-electron chi connectivity index (χ3n) is 2.27. The lowest BCUT2D eigenvalue weighted by atomic mass is 9.98. The van der Waals surface area contributed by atoms with E-state index in [9.17, 15) is 0 Å². The fourth-order valence-electron chi connectivity index (χ4n) is 1.63. The molecule has 0 aliphatic rings. The SMILES string of the molecule is C/C=C\c1c(C)cccc1CCC. The second kappa shape index (κ2) is 4.86. The summed E-state index contributed by atoms with van der Waals surface area (Å²) in [6.07, 6.45) is 6.72. The number of hydrogen-bond acceptors (Lipinski definition) is 0. The van der Waals surface area contributed by atoms with Crippen molar-refractivity contribution in [1.29, 1.82) is 0 Å². The maximum atomic E-state index is 2.23. The zero-order valence-corrected chi connectivity index (χ0v) is 8.80. The fraction of sp³-hybridized carbons (Fsp3) is 0.385. The molecule has 0 aromatic heterocycles. The molecule has 0 nitrogen and oxygen atoms in total. The van der Waals surface area contributed by atoms with Crippen LogP contribution in [0, 0.1) is 6.92 Å². The van der Waals surface area contributed by atoms with Gasteiger partial charge in [-0.2, -0.15) is 0 Å². The van der Waals surface area contributed by atoms with Crippen molar-refractivity contribution in [2.24, 2.45) is 0 Å². The number of aryl methyl sites for hydroxylation is 2. The Morgan fingerprint density at radius 2 is 2.08 bits per heavy atom. The minimum atomic E-state index is 1.18. The Morgan fingerprint density at radius 3 is 2.69 bits per heavy atom. The molecule has 0 bridgehead atoms. The first-order valence-electron chi connectivity index (χ1n) is 5.00. The molecular weight excluding hydrogens is 156 g/mol. The van der Waals surface area contributed by atoms with Crippen LogP contribution in [0.25, 0.3) is 6.08 Å². The molecule has 0 N–H and O–H groups in total.